The van der Waals surface area contributed by atoms with Crippen molar-refractivity contribution in [3.63, 3.8) is 0 Å². The van der Waals surface area contributed by atoms with Crippen molar-refractivity contribution in [2.45, 2.75) is 32.1 Å². The Balaban J connectivity index is 0.00000242. The van der Waals surface area contributed by atoms with E-state index in [-0.39, 0.29) is 18.3 Å². The highest BCUT2D eigenvalue weighted by Gasteiger charge is 2.13. The number of piperidine rings is 1. The molecule has 1 heterocycles. The van der Waals surface area contributed by atoms with Gasteiger partial charge in [-0.05, 0) is 68.5 Å². The molecule has 0 bridgehead atoms. The van der Waals surface area contributed by atoms with Gasteiger partial charge in [0.2, 0.25) is 5.91 Å². The van der Waals surface area contributed by atoms with Crippen LogP contribution in [-0.2, 0) is 11.2 Å². The topological polar surface area (TPSA) is 41.1 Å². The highest BCUT2D eigenvalue weighted by Crippen LogP contribution is 2.22. The summed E-state index contributed by atoms with van der Waals surface area (Å²) in [6.45, 7) is 3.00. The summed E-state index contributed by atoms with van der Waals surface area (Å²) >= 11 is 9.46. The summed E-state index contributed by atoms with van der Waals surface area (Å²) < 4.78 is 1.01. The molecule has 1 amide bonds. The number of halogens is 3. The van der Waals surface area contributed by atoms with Crippen molar-refractivity contribution >= 4 is 45.8 Å². The average Bonchev–Trinajstić information content (AvgIpc) is 2.49. The van der Waals surface area contributed by atoms with Crippen LogP contribution in [0.3, 0.4) is 0 Å². The minimum atomic E-state index is 0. The molecule has 22 heavy (non-hydrogen) atoms. The second-order valence-electron chi connectivity index (χ2n) is 5.59. The molecule has 1 fully saturated rings. The van der Waals surface area contributed by atoms with Crippen molar-refractivity contribution in [1.29, 1.82) is 0 Å². The molecule has 1 aliphatic rings. The van der Waals surface area contributed by atoms with Gasteiger partial charge in [-0.1, -0.05) is 27.5 Å². The zero-order valence-electron chi connectivity index (χ0n) is 12.5. The Kier molecular flexibility index (Phi) is 9.41. The van der Waals surface area contributed by atoms with Gasteiger partial charge in [0.05, 0.1) is 0 Å². The van der Waals surface area contributed by atoms with E-state index >= 15 is 0 Å². The third-order valence-corrected chi connectivity index (χ3v) is 4.91. The van der Waals surface area contributed by atoms with Crippen LogP contribution in [0.1, 0.15) is 31.2 Å². The Labute approximate surface area is 152 Å². The highest BCUT2D eigenvalue weighted by molar-refractivity contribution is 9.10. The van der Waals surface area contributed by atoms with E-state index in [9.17, 15) is 4.79 Å². The fourth-order valence-electron chi connectivity index (χ4n) is 2.66. The number of rotatable bonds is 6. The number of carbonyl (C=O) groups excluding carboxylic acids is 1. The second kappa shape index (κ2) is 10.5. The first-order chi connectivity index (χ1) is 10.1. The largest absolute Gasteiger partial charge is 0.356 e. The van der Waals surface area contributed by atoms with Crippen molar-refractivity contribution in [2.75, 3.05) is 19.6 Å². The molecule has 0 aliphatic carbocycles. The van der Waals surface area contributed by atoms with Crippen molar-refractivity contribution in [1.82, 2.24) is 10.6 Å². The van der Waals surface area contributed by atoms with Crippen molar-refractivity contribution in [3.8, 4) is 0 Å². The summed E-state index contributed by atoms with van der Waals surface area (Å²) in [5.41, 5.74) is 1.08. The van der Waals surface area contributed by atoms with Crippen LogP contribution >= 0.6 is 39.9 Å². The van der Waals surface area contributed by atoms with Crippen molar-refractivity contribution in [2.24, 2.45) is 5.92 Å². The molecule has 1 saturated heterocycles. The first-order valence-electron chi connectivity index (χ1n) is 7.56. The van der Waals surface area contributed by atoms with Crippen LogP contribution < -0.4 is 10.6 Å². The van der Waals surface area contributed by atoms with E-state index < -0.39 is 0 Å². The number of benzene rings is 1. The van der Waals surface area contributed by atoms with Crippen LogP contribution in [0.5, 0.6) is 0 Å². The Hall–Kier alpha value is -0.290. The summed E-state index contributed by atoms with van der Waals surface area (Å²) in [5.74, 6) is 0.826. The van der Waals surface area contributed by atoms with Gasteiger partial charge in [-0.15, -0.1) is 12.4 Å². The average molecular weight is 410 g/mol. The van der Waals surface area contributed by atoms with Gasteiger partial charge in [-0.25, -0.2) is 0 Å². The van der Waals surface area contributed by atoms with Crippen LogP contribution in [0.2, 0.25) is 5.02 Å². The van der Waals surface area contributed by atoms with Crippen molar-refractivity contribution < 1.29 is 4.79 Å². The summed E-state index contributed by atoms with van der Waals surface area (Å²) in [5, 5.41) is 7.13. The van der Waals surface area contributed by atoms with Gasteiger partial charge < -0.3 is 10.6 Å². The first kappa shape index (κ1) is 19.8. The number of hydrogen-bond donors (Lipinski definition) is 2. The molecule has 2 N–H and O–H groups in total. The summed E-state index contributed by atoms with van der Waals surface area (Å²) in [6.07, 6.45) is 4.80. The fourth-order valence-corrected chi connectivity index (χ4v) is 3.30. The second-order valence-corrected chi connectivity index (χ2v) is 6.88. The fraction of sp³-hybridized carbons (Fsp3) is 0.562. The molecule has 1 atom stereocenters. The minimum absolute atomic E-state index is 0. The smallest absolute Gasteiger partial charge is 0.220 e. The maximum atomic E-state index is 11.9. The van der Waals surface area contributed by atoms with Crippen LogP contribution in [0, 0.1) is 5.92 Å². The van der Waals surface area contributed by atoms with Gasteiger partial charge in [-0.3, -0.25) is 4.79 Å². The Bertz CT molecular complexity index is 479. The van der Waals surface area contributed by atoms with E-state index in [1.165, 1.54) is 12.8 Å². The normalized spacial score (nSPS) is 17.6. The van der Waals surface area contributed by atoms with Gasteiger partial charge in [0.25, 0.3) is 0 Å². The molecule has 3 nitrogen and oxygen atoms in total. The molecule has 0 spiro atoms. The van der Waals surface area contributed by atoms with Gasteiger partial charge >= 0.3 is 0 Å². The molecule has 124 valence electrons. The van der Waals surface area contributed by atoms with Gasteiger partial charge in [0.1, 0.15) is 0 Å². The minimum Gasteiger partial charge on any atom is -0.356 e. The van der Waals surface area contributed by atoms with E-state index in [0.717, 1.165) is 36.1 Å². The van der Waals surface area contributed by atoms with Gasteiger partial charge in [0.15, 0.2) is 0 Å². The monoisotopic (exact) mass is 408 g/mol. The lowest BCUT2D eigenvalue weighted by Crippen LogP contribution is -2.33. The SMILES string of the molecule is Cl.O=C(CCc1cc(Cl)ccc1Br)NCCC1CCCNC1. The van der Waals surface area contributed by atoms with Crippen LogP contribution in [-0.4, -0.2) is 25.5 Å². The van der Waals surface area contributed by atoms with E-state index in [1.54, 1.807) is 0 Å². The summed E-state index contributed by atoms with van der Waals surface area (Å²) in [6, 6.07) is 5.67. The lowest BCUT2D eigenvalue weighted by molar-refractivity contribution is -0.121. The molecular weight excluding hydrogens is 387 g/mol. The van der Waals surface area contributed by atoms with Crippen LogP contribution in [0.4, 0.5) is 0 Å². The summed E-state index contributed by atoms with van der Waals surface area (Å²) in [7, 11) is 0. The quantitative estimate of drug-likeness (QED) is 0.746. The number of hydrogen-bond acceptors (Lipinski definition) is 2. The van der Waals surface area contributed by atoms with E-state index in [2.05, 4.69) is 26.6 Å². The standard InChI is InChI=1S/C16H22BrClN2O.ClH/c17-15-5-4-14(18)10-13(15)3-6-16(21)20-9-7-12-2-1-8-19-11-12;/h4-5,10,12,19H,1-3,6-9,11H2,(H,20,21);1H. The van der Waals surface area contributed by atoms with Gasteiger partial charge in [-0.2, -0.15) is 0 Å². The van der Waals surface area contributed by atoms with Crippen LogP contribution in [0.15, 0.2) is 22.7 Å². The van der Waals surface area contributed by atoms with Crippen LogP contribution in [0.25, 0.3) is 0 Å². The Morgan fingerprint density at radius 3 is 3.00 bits per heavy atom. The maximum Gasteiger partial charge on any atom is 0.220 e. The third-order valence-electron chi connectivity index (χ3n) is 3.90. The molecule has 1 aromatic carbocycles. The highest BCUT2D eigenvalue weighted by atomic mass is 79.9. The molecule has 6 heteroatoms. The Morgan fingerprint density at radius 1 is 1.45 bits per heavy atom. The maximum absolute atomic E-state index is 11.9. The number of amides is 1. The molecule has 0 saturated carbocycles. The molecular formula is C16H23BrCl2N2O. The molecule has 1 aromatic rings. The van der Waals surface area contributed by atoms with E-state index in [0.29, 0.717) is 23.8 Å². The first-order valence-corrected chi connectivity index (χ1v) is 8.73. The third kappa shape index (κ3) is 6.86. The Morgan fingerprint density at radius 2 is 2.27 bits per heavy atom. The molecule has 0 aromatic heterocycles. The number of carbonyl (C=O) groups is 1. The zero-order valence-corrected chi connectivity index (χ0v) is 15.7. The predicted molar refractivity (Wildman–Crippen MR) is 97.9 cm³/mol. The number of aryl methyl sites for hydroxylation is 1. The molecule has 2 rings (SSSR count). The van der Waals surface area contributed by atoms with E-state index in [1.807, 2.05) is 18.2 Å². The molecule has 1 unspecified atom stereocenters. The lowest BCUT2D eigenvalue weighted by Gasteiger charge is -2.22. The van der Waals surface area contributed by atoms with E-state index in [4.69, 9.17) is 11.6 Å². The lowest BCUT2D eigenvalue weighted by atomic mass is 9.96. The number of nitrogens with one attached hydrogen (secondary N) is 2. The predicted octanol–water partition coefficient (Wildman–Crippen LogP) is 3.96. The van der Waals surface area contributed by atoms with Crippen molar-refractivity contribution in [3.05, 3.63) is 33.3 Å². The molecule has 0 radical (unpaired) electrons. The zero-order chi connectivity index (χ0) is 15.1. The summed E-state index contributed by atoms with van der Waals surface area (Å²) in [4.78, 5) is 11.9. The van der Waals surface area contributed by atoms with Gasteiger partial charge in [0, 0.05) is 22.5 Å². The molecule has 1 aliphatic heterocycles.